The van der Waals surface area contributed by atoms with Crippen LogP contribution in [-0.4, -0.2) is 25.8 Å². The van der Waals surface area contributed by atoms with E-state index >= 15 is 0 Å². The van der Waals surface area contributed by atoms with Gasteiger partial charge in [-0.2, -0.15) is 0 Å². The van der Waals surface area contributed by atoms with Gasteiger partial charge in [0.15, 0.2) is 0 Å². The lowest BCUT2D eigenvalue weighted by Gasteiger charge is -2.24. The largest absolute Gasteiger partial charge is 0.823 e. The first kappa shape index (κ1) is 20.6. The van der Waals surface area contributed by atoms with Crippen molar-refractivity contribution >= 4 is 19.0 Å². The highest BCUT2D eigenvalue weighted by molar-refractivity contribution is 7.49. The van der Waals surface area contributed by atoms with E-state index in [1.165, 1.54) is 5.56 Å². The van der Waals surface area contributed by atoms with Crippen LogP contribution in [0.25, 0.3) is 0 Å². The molecular formula is C22H28O3P-. The van der Waals surface area contributed by atoms with E-state index in [0.717, 1.165) is 27.7 Å². The van der Waals surface area contributed by atoms with Gasteiger partial charge in [-0.25, -0.2) is 0 Å². The highest BCUT2D eigenvalue weighted by Gasteiger charge is 2.16. The van der Waals surface area contributed by atoms with Gasteiger partial charge in [-0.1, -0.05) is 41.1 Å². The summed E-state index contributed by atoms with van der Waals surface area (Å²) in [6.45, 7) is 11.7. The summed E-state index contributed by atoms with van der Waals surface area (Å²) in [5.41, 5.74) is 4.40. The van der Waals surface area contributed by atoms with E-state index in [1.54, 1.807) is 7.11 Å². The molecule has 0 heterocycles. The smallest absolute Gasteiger partial charge is 0.119 e. The molecule has 26 heavy (non-hydrogen) atoms. The number of rotatable bonds is 6. The van der Waals surface area contributed by atoms with Gasteiger partial charge in [0.05, 0.1) is 6.61 Å². The Hall–Kier alpha value is -1.67. The summed E-state index contributed by atoms with van der Waals surface area (Å²) in [6, 6.07) is 12.0. The first-order valence-electron chi connectivity index (χ1n) is 8.82. The van der Waals surface area contributed by atoms with Crippen LogP contribution in [0, 0.1) is 13.8 Å². The highest BCUT2D eigenvalue weighted by atomic mass is 31.1. The molecule has 0 aliphatic heterocycles. The van der Waals surface area contributed by atoms with Crippen molar-refractivity contribution in [3.8, 4) is 5.75 Å². The van der Waals surface area contributed by atoms with Crippen LogP contribution in [0.4, 0.5) is 0 Å². The van der Waals surface area contributed by atoms with Crippen molar-refractivity contribution in [1.82, 2.24) is 0 Å². The molecule has 4 heteroatoms. The van der Waals surface area contributed by atoms with Gasteiger partial charge in [-0.15, -0.1) is 5.48 Å². The molecule has 2 aromatic rings. The average molecular weight is 371 g/mol. The van der Waals surface area contributed by atoms with Crippen molar-refractivity contribution in [2.45, 2.75) is 40.0 Å². The Morgan fingerprint density at radius 3 is 2.08 bits per heavy atom. The van der Waals surface area contributed by atoms with Gasteiger partial charge >= 0.3 is 0 Å². The van der Waals surface area contributed by atoms with E-state index in [2.05, 4.69) is 32.9 Å². The van der Waals surface area contributed by atoms with Crippen molar-refractivity contribution in [3.63, 3.8) is 0 Å². The van der Waals surface area contributed by atoms with Gasteiger partial charge in [-0.3, -0.25) is 0 Å². The molecule has 140 valence electrons. The Kier molecular flexibility index (Phi) is 7.00. The van der Waals surface area contributed by atoms with Crippen LogP contribution in [0.3, 0.4) is 0 Å². The summed E-state index contributed by atoms with van der Waals surface area (Å²) in [5, 5.41) is 13.8. The molecule has 0 unspecified atom stereocenters. The molecule has 2 rings (SSSR count). The Bertz CT molecular complexity index is 748. The maximum Gasteiger partial charge on any atom is 0.119 e. The van der Waals surface area contributed by atoms with Crippen molar-refractivity contribution in [2.24, 2.45) is 0 Å². The average Bonchev–Trinajstić information content (AvgIpc) is 2.55. The lowest BCUT2D eigenvalue weighted by Crippen LogP contribution is -2.21. The number of hydrogen-bond acceptors (Lipinski definition) is 3. The quantitative estimate of drug-likeness (QED) is 0.574. The molecular weight excluding hydrogens is 343 g/mol. The number of ether oxygens (including phenoxy) is 2. The van der Waals surface area contributed by atoms with Crippen LogP contribution in [0.2, 0.25) is 0 Å². The first-order valence-corrected chi connectivity index (χ1v) is 9.71. The molecule has 0 radical (unpaired) electrons. The van der Waals surface area contributed by atoms with Crippen molar-refractivity contribution in [1.29, 1.82) is 0 Å². The van der Waals surface area contributed by atoms with Crippen LogP contribution in [0.5, 0.6) is 5.75 Å². The SMILES string of the molecule is COCCOc1ccc(P=C([O-])c2c(C)cc(C(C)(C)C)cc2C)cc1. The fraction of sp³-hybridized carbons (Fsp3) is 0.409. The van der Waals surface area contributed by atoms with E-state index in [4.69, 9.17) is 9.47 Å². The van der Waals surface area contributed by atoms with Gasteiger partial charge in [0, 0.05) is 12.4 Å². The van der Waals surface area contributed by atoms with E-state index in [9.17, 15) is 5.11 Å². The zero-order chi connectivity index (χ0) is 19.3. The van der Waals surface area contributed by atoms with E-state index in [1.807, 2.05) is 38.1 Å². The fourth-order valence-electron chi connectivity index (χ4n) is 2.77. The summed E-state index contributed by atoms with van der Waals surface area (Å²) in [5.74, 6) is 0.787. The first-order chi connectivity index (χ1) is 12.2. The predicted molar refractivity (Wildman–Crippen MR) is 109 cm³/mol. The molecule has 0 fully saturated rings. The minimum Gasteiger partial charge on any atom is -0.823 e. The summed E-state index contributed by atoms with van der Waals surface area (Å²) < 4.78 is 10.5. The van der Waals surface area contributed by atoms with Crippen LogP contribution < -0.4 is 15.1 Å². The molecule has 3 nitrogen and oxygen atoms in total. The molecule has 0 bridgehead atoms. The second kappa shape index (κ2) is 8.81. The van der Waals surface area contributed by atoms with Gasteiger partial charge in [0.2, 0.25) is 0 Å². The van der Waals surface area contributed by atoms with Gasteiger partial charge in [0.1, 0.15) is 12.4 Å². The minimum atomic E-state index is 0.0768. The second-order valence-electron chi connectivity index (χ2n) is 7.49. The zero-order valence-electron chi connectivity index (χ0n) is 16.6. The monoisotopic (exact) mass is 371 g/mol. The van der Waals surface area contributed by atoms with Crippen molar-refractivity contribution < 1.29 is 14.6 Å². The summed E-state index contributed by atoms with van der Waals surface area (Å²) in [6.07, 6.45) is 0. The molecule has 0 N–H and O–H groups in total. The second-order valence-corrected chi connectivity index (χ2v) is 8.63. The number of hydrogen-bond donors (Lipinski definition) is 0. The Balaban J connectivity index is 2.24. The third kappa shape index (κ3) is 5.41. The van der Waals surface area contributed by atoms with Crippen molar-refractivity contribution in [3.05, 3.63) is 58.7 Å². The molecule has 0 saturated carbocycles. The molecule has 0 aliphatic carbocycles. The lowest BCUT2D eigenvalue weighted by molar-refractivity contribution is -0.207. The van der Waals surface area contributed by atoms with Gasteiger partial charge in [-0.05, 0) is 65.8 Å². The zero-order valence-corrected chi connectivity index (χ0v) is 17.4. The van der Waals surface area contributed by atoms with Crippen molar-refractivity contribution in [2.75, 3.05) is 20.3 Å². The Labute approximate surface area is 158 Å². The van der Waals surface area contributed by atoms with Gasteiger partial charge in [0.25, 0.3) is 0 Å². The van der Waals surface area contributed by atoms with Crippen LogP contribution >= 0.6 is 8.20 Å². The normalized spacial score (nSPS) is 12.3. The topological polar surface area (TPSA) is 41.5 Å². The number of aryl methyl sites for hydroxylation is 2. The maximum atomic E-state index is 12.9. The summed E-state index contributed by atoms with van der Waals surface area (Å²) in [7, 11) is 2.33. The molecule has 0 aliphatic rings. The predicted octanol–water partition coefficient (Wildman–Crippen LogP) is 3.74. The molecule has 0 atom stereocenters. The molecule has 0 saturated heterocycles. The minimum absolute atomic E-state index is 0.0768. The highest BCUT2D eigenvalue weighted by Crippen LogP contribution is 2.27. The number of methoxy groups -OCH3 is 1. The lowest BCUT2D eigenvalue weighted by atomic mass is 9.84. The van der Waals surface area contributed by atoms with E-state index in [0.29, 0.717) is 21.4 Å². The summed E-state index contributed by atoms with van der Waals surface area (Å²) in [4.78, 5) is 0. The van der Waals surface area contributed by atoms with Crippen LogP contribution in [0.1, 0.15) is 43.0 Å². The molecule has 0 spiro atoms. The third-order valence-corrected chi connectivity index (χ3v) is 5.22. The van der Waals surface area contributed by atoms with Crippen LogP contribution in [-0.2, 0) is 10.2 Å². The molecule has 0 amide bonds. The molecule has 2 aromatic carbocycles. The third-order valence-electron chi connectivity index (χ3n) is 4.24. The Morgan fingerprint density at radius 2 is 1.58 bits per heavy atom. The van der Waals surface area contributed by atoms with Gasteiger partial charge < -0.3 is 14.6 Å². The molecule has 0 aromatic heterocycles. The Morgan fingerprint density at radius 1 is 1.00 bits per heavy atom. The number of benzene rings is 2. The van der Waals surface area contributed by atoms with Crippen LogP contribution in [0.15, 0.2) is 36.4 Å². The standard InChI is InChI=1S/C22H29O3P/c1-15-13-17(22(3,4)5)14-16(2)20(15)21(23)26-19-9-7-18(8-10-19)25-12-11-24-6/h7-10,13-14,23H,11-12H2,1-6H3/p-1. The summed E-state index contributed by atoms with van der Waals surface area (Å²) >= 11 is 0. The van der Waals surface area contributed by atoms with E-state index < -0.39 is 0 Å². The maximum absolute atomic E-state index is 12.9. The van der Waals surface area contributed by atoms with E-state index in [-0.39, 0.29) is 10.9 Å². The fourth-order valence-corrected chi connectivity index (χ4v) is 3.76.